The average molecular weight is 260 g/mol. The van der Waals surface area contributed by atoms with Crippen LogP contribution in [0.5, 0.6) is 0 Å². The van der Waals surface area contributed by atoms with Crippen molar-refractivity contribution in [3.63, 3.8) is 0 Å². The van der Waals surface area contributed by atoms with Crippen LogP contribution in [0.4, 0.5) is 0 Å². The Morgan fingerprint density at radius 2 is 2.00 bits per heavy atom. The molecule has 1 unspecified atom stereocenters. The zero-order chi connectivity index (χ0) is 11.2. The summed E-state index contributed by atoms with van der Waals surface area (Å²) < 4.78 is -0.112. The highest BCUT2D eigenvalue weighted by atomic mass is 35.5. The number of hydrogen-bond donors (Lipinski definition) is 1. The van der Waals surface area contributed by atoms with E-state index in [9.17, 15) is 4.79 Å². The number of halogens is 3. The fourth-order valence-electron chi connectivity index (χ4n) is 1.05. The van der Waals surface area contributed by atoms with E-state index in [1.807, 2.05) is 6.92 Å². The minimum atomic E-state index is -1.46. The van der Waals surface area contributed by atoms with Gasteiger partial charge < -0.3 is 5.11 Å². The molecular weight excluding hydrogens is 246 g/mol. The number of carboxylic acids is 1. The van der Waals surface area contributed by atoms with Crippen molar-refractivity contribution >= 4 is 40.8 Å². The SMILES string of the molecule is CCCCCC(Cl)(C=C(Cl)Cl)C(=O)O. The van der Waals surface area contributed by atoms with Crippen molar-refractivity contribution < 1.29 is 9.90 Å². The largest absolute Gasteiger partial charge is 0.480 e. The molecule has 0 saturated carbocycles. The summed E-state index contributed by atoms with van der Waals surface area (Å²) in [6.45, 7) is 2.03. The molecule has 0 spiro atoms. The minimum absolute atomic E-state index is 0.112. The van der Waals surface area contributed by atoms with Gasteiger partial charge in [0.05, 0.1) is 0 Å². The number of aliphatic carboxylic acids is 1. The molecule has 0 fully saturated rings. The third-order valence-corrected chi connectivity index (χ3v) is 2.52. The van der Waals surface area contributed by atoms with Gasteiger partial charge in [-0.25, -0.2) is 4.79 Å². The maximum Gasteiger partial charge on any atom is 0.328 e. The number of unbranched alkanes of at least 4 members (excludes halogenated alkanes) is 2. The summed E-state index contributed by atoms with van der Waals surface area (Å²) in [7, 11) is 0. The van der Waals surface area contributed by atoms with Crippen LogP contribution in [-0.4, -0.2) is 16.0 Å². The van der Waals surface area contributed by atoms with Crippen molar-refractivity contribution in [2.75, 3.05) is 0 Å². The Balaban J connectivity index is 4.41. The standard InChI is InChI=1S/C9H13Cl3O2/c1-2-3-4-5-9(12,8(13)14)6-7(10)11/h6H,2-5H2,1H3,(H,13,14). The van der Waals surface area contributed by atoms with Gasteiger partial charge in [-0.1, -0.05) is 49.4 Å². The summed E-state index contributed by atoms with van der Waals surface area (Å²) in [6, 6.07) is 0. The van der Waals surface area contributed by atoms with Gasteiger partial charge >= 0.3 is 5.97 Å². The highest BCUT2D eigenvalue weighted by Gasteiger charge is 2.33. The Kier molecular flexibility index (Phi) is 6.58. The molecule has 1 N–H and O–H groups in total. The first-order chi connectivity index (χ1) is 6.42. The quantitative estimate of drug-likeness (QED) is 0.579. The molecule has 1 atom stereocenters. The fourth-order valence-corrected chi connectivity index (χ4v) is 1.77. The third kappa shape index (κ3) is 5.08. The summed E-state index contributed by atoms with van der Waals surface area (Å²) >= 11 is 16.7. The van der Waals surface area contributed by atoms with E-state index >= 15 is 0 Å². The minimum Gasteiger partial charge on any atom is -0.480 e. The lowest BCUT2D eigenvalue weighted by Crippen LogP contribution is -2.30. The molecule has 0 aliphatic heterocycles. The predicted molar refractivity (Wildman–Crippen MR) is 60.2 cm³/mol. The van der Waals surface area contributed by atoms with E-state index in [4.69, 9.17) is 39.9 Å². The van der Waals surface area contributed by atoms with Crippen molar-refractivity contribution in [1.82, 2.24) is 0 Å². The van der Waals surface area contributed by atoms with E-state index in [0.29, 0.717) is 6.42 Å². The van der Waals surface area contributed by atoms with Gasteiger partial charge in [0.1, 0.15) is 4.49 Å². The van der Waals surface area contributed by atoms with Crippen LogP contribution in [0.2, 0.25) is 0 Å². The summed E-state index contributed by atoms with van der Waals surface area (Å²) in [6.07, 6.45) is 4.18. The summed E-state index contributed by atoms with van der Waals surface area (Å²) in [5, 5.41) is 8.89. The number of hydrogen-bond acceptors (Lipinski definition) is 1. The molecule has 82 valence electrons. The molecule has 0 aromatic heterocycles. The monoisotopic (exact) mass is 258 g/mol. The van der Waals surface area contributed by atoms with Crippen LogP contribution in [0, 0.1) is 0 Å². The van der Waals surface area contributed by atoms with Crippen molar-refractivity contribution in [2.45, 2.75) is 37.5 Å². The average Bonchev–Trinajstić information content (AvgIpc) is 2.03. The molecular formula is C9H13Cl3O2. The van der Waals surface area contributed by atoms with Crippen molar-refractivity contribution in [3.8, 4) is 0 Å². The molecule has 0 radical (unpaired) electrons. The highest BCUT2D eigenvalue weighted by molar-refractivity contribution is 6.56. The van der Waals surface area contributed by atoms with E-state index in [0.717, 1.165) is 25.3 Å². The van der Waals surface area contributed by atoms with Crippen LogP contribution >= 0.6 is 34.8 Å². The lowest BCUT2D eigenvalue weighted by atomic mass is 10.0. The van der Waals surface area contributed by atoms with Crippen LogP contribution in [0.3, 0.4) is 0 Å². The molecule has 0 aromatic rings. The number of carboxylic acid groups (broad SMARTS) is 1. The Morgan fingerprint density at radius 1 is 1.43 bits per heavy atom. The predicted octanol–water partition coefficient (Wildman–Crippen LogP) is 3.95. The first-order valence-corrected chi connectivity index (χ1v) is 5.52. The second-order valence-corrected chi connectivity index (χ2v) is 4.74. The molecule has 0 aliphatic rings. The van der Waals surface area contributed by atoms with Gasteiger partial charge in [0, 0.05) is 0 Å². The highest BCUT2D eigenvalue weighted by Crippen LogP contribution is 2.28. The van der Waals surface area contributed by atoms with Gasteiger partial charge in [0.2, 0.25) is 0 Å². The van der Waals surface area contributed by atoms with E-state index in [1.165, 1.54) is 0 Å². The van der Waals surface area contributed by atoms with Gasteiger partial charge in [-0.05, 0) is 12.5 Å². The maximum absolute atomic E-state index is 10.9. The normalized spacial score (nSPS) is 14.6. The molecule has 0 saturated heterocycles. The molecule has 0 aromatic carbocycles. The van der Waals surface area contributed by atoms with Crippen LogP contribution < -0.4 is 0 Å². The van der Waals surface area contributed by atoms with E-state index in [2.05, 4.69) is 0 Å². The van der Waals surface area contributed by atoms with Gasteiger partial charge in [-0.15, -0.1) is 11.6 Å². The summed E-state index contributed by atoms with van der Waals surface area (Å²) in [4.78, 5) is 9.39. The molecule has 0 rings (SSSR count). The van der Waals surface area contributed by atoms with Crippen LogP contribution in [-0.2, 0) is 4.79 Å². The molecule has 2 nitrogen and oxygen atoms in total. The van der Waals surface area contributed by atoms with Crippen LogP contribution in [0.25, 0.3) is 0 Å². The van der Waals surface area contributed by atoms with Gasteiger partial charge in [-0.3, -0.25) is 0 Å². The topological polar surface area (TPSA) is 37.3 Å². The second-order valence-electron chi connectivity index (χ2n) is 3.06. The van der Waals surface area contributed by atoms with Crippen molar-refractivity contribution in [1.29, 1.82) is 0 Å². The Hall–Kier alpha value is 0.0800. The molecule has 5 heteroatoms. The number of alkyl halides is 1. The lowest BCUT2D eigenvalue weighted by molar-refractivity contribution is -0.139. The first kappa shape index (κ1) is 14.1. The Labute approximate surface area is 98.8 Å². The summed E-state index contributed by atoms with van der Waals surface area (Å²) in [5.74, 6) is -1.12. The number of carbonyl (C=O) groups is 1. The maximum atomic E-state index is 10.9. The first-order valence-electron chi connectivity index (χ1n) is 4.38. The zero-order valence-corrected chi connectivity index (χ0v) is 10.2. The fraction of sp³-hybridized carbons (Fsp3) is 0.667. The van der Waals surface area contributed by atoms with Crippen LogP contribution in [0.15, 0.2) is 10.6 Å². The second kappa shape index (κ2) is 6.54. The third-order valence-electron chi connectivity index (χ3n) is 1.84. The number of rotatable bonds is 6. The zero-order valence-electron chi connectivity index (χ0n) is 7.90. The van der Waals surface area contributed by atoms with Crippen molar-refractivity contribution in [2.24, 2.45) is 0 Å². The smallest absolute Gasteiger partial charge is 0.328 e. The van der Waals surface area contributed by atoms with Gasteiger partial charge in [-0.2, -0.15) is 0 Å². The van der Waals surface area contributed by atoms with Crippen LogP contribution in [0.1, 0.15) is 32.6 Å². The van der Waals surface area contributed by atoms with E-state index in [1.54, 1.807) is 0 Å². The van der Waals surface area contributed by atoms with Crippen molar-refractivity contribution in [3.05, 3.63) is 10.6 Å². The molecule has 0 aliphatic carbocycles. The Morgan fingerprint density at radius 3 is 2.36 bits per heavy atom. The van der Waals surface area contributed by atoms with E-state index in [-0.39, 0.29) is 4.49 Å². The molecule has 0 amide bonds. The molecule has 14 heavy (non-hydrogen) atoms. The lowest BCUT2D eigenvalue weighted by Gasteiger charge is -2.17. The summed E-state index contributed by atoms with van der Waals surface area (Å²) in [5.41, 5.74) is 0. The van der Waals surface area contributed by atoms with Gasteiger partial charge in [0.25, 0.3) is 0 Å². The Bertz CT molecular complexity index is 224. The molecule has 0 heterocycles. The van der Waals surface area contributed by atoms with E-state index < -0.39 is 10.8 Å². The van der Waals surface area contributed by atoms with Gasteiger partial charge in [0.15, 0.2) is 4.87 Å². The molecule has 0 bridgehead atoms.